The third-order valence-electron chi connectivity index (χ3n) is 4.63. The maximum atomic E-state index is 13.8. The van der Waals surface area contributed by atoms with E-state index in [2.05, 4.69) is 20.9 Å². The molecule has 0 aliphatic carbocycles. The minimum absolute atomic E-state index is 0.0795. The summed E-state index contributed by atoms with van der Waals surface area (Å²) in [6, 6.07) is 19.3. The molecule has 29 heavy (non-hydrogen) atoms. The highest BCUT2D eigenvalue weighted by molar-refractivity contribution is 9.10. The number of hydrogen-bond acceptors (Lipinski definition) is 2. The molecule has 0 aliphatic heterocycles. The highest BCUT2D eigenvalue weighted by Crippen LogP contribution is 2.41. The SMILES string of the molecule is O=C(c1ccccc1Br)c1cnc2cccc(C(F)(F)F)c2c1-c1ccccc1. The zero-order valence-corrected chi connectivity index (χ0v) is 16.5. The number of carbonyl (C=O) groups excluding carboxylic acids is 1. The van der Waals surface area contributed by atoms with Crippen LogP contribution in [0, 0.1) is 0 Å². The molecule has 1 aromatic heterocycles. The zero-order chi connectivity index (χ0) is 20.6. The number of alkyl halides is 3. The summed E-state index contributed by atoms with van der Waals surface area (Å²) in [6.07, 6.45) is -3.23. The number of pyridine rings is 1. The summed E-state index contributed by atoms with van der Waals surface area (Å²) in [7, 11) is 0. The van der Waals surface area contributed by atoms with Gasteiger partial charge in [0.1, 0.15) is 0 Å². The summed E-state index contributed by atoms with van der Waals surface area (Å²) < 4.78 is 42.0. The molecule has 0 bridgehead atoms. The summed E-state index contributed by atoms with van der Waals surface area (Å²) in [4.78, 5) is 17.5. The Balaban J connectivity index is 2.11. The standard InChI is InChI=1S/C23H13BrF3NO/c24-18-11-5-4-9-15(18)22(29)16-13-28-19-12-6-10-17(23(25,26)27)21(19)20(16)14-7-2-1-3-8-14/h1-13H. The molecule has 4 rings (SSSR count). The summed E-state index contributed by atoms with van der Waals surface area (Å²) >= 11 is 3.35. The molecular formula is C23H13BrF3NO. The lowest BCUT2D eigenvalue weighted by Gasteiger charge is -2.17. The number of nitrogens with zero attached hydrogens (tertiary/aromatic N) is 1. The maximum absolute atomic E-state index is 13.8. The first-order valence-corrected chi connectivity index (χ1v) is 9.51. The van der Waals surface area contributed by atoms with Crippen molar-refractivity contribution < 1.29 is 18.0 Å². The Labute approximate surface area is 173 Å². The van der Waals surface area contributed by atoms with Gasteiger partial charge in [0.15, 0.2) is 5.78 Å². The molecule has 0 aliphatic rings. The van der Waals surface area contributed by atoms with Crippen molar-refractivity contribution in [3.63, 3.8) is 0 Å². The largest absolute Gasteiger partial charge is 0.417 e. The average Bonchev–Trinajstić information content (AvgIpc) is 2.72. The second kappa shape index (κ2) is 7.44. The molecular weight excluding hydrogens is 443 g/mol. The summed E-state index contributed by atoms with van der Waals surface area (Å²) in [5.41, 5.74) is 0.587. The molecule has 144 valence electrons. The van der Waals surface area contributed by atoms with Crippen molar-refractivity contribution in [3.8, 4) is 11.1 Å². The lowest BCUT2D eigenvalue weighted by Crippen LogP contribution is -2.10. The fourth-order valence-electron chi connectivity index (χ4n) is 3.35. The average molecular weight is 456 g/mol. The van der Waals surface area contributed by atoms with Crippen molar-refractivity contribution in [2.75, 3.05) is 0 Å². The quantitative estimate of drug-likeness (QED) is 0.314. The van der Waals surface area contributed by atoms with E-state index in [1.165, 1.54) is 18.3 Å². The van der Waals surface area contributed by atoms with Crippen LogP contribution in [0.3, 0.4) is 0 Å². The maximum Gasteiger partial charge on any atom is 0.417 e. The normalized spacial score (nSPS) is 11.6. The first kappa shape index (κ1) is 19.3. The van der Waals surface area contributed by atoms with Crippen LogP contribution < -0.4 is 0 Å². The van der Waals surface area contributed by atoms with Gasteiger partial charge in [-0.1, -0.05) is 64.5 Å². The van der Waals surface area contributed by atoms with Gasteiger partial charge < -0.3 is 0 Å². The van der Waals surface area contributed by atoms with E-state index in [1.807, 2.05) is 0 Å². The molecule has 2 nitrogen and oxygen atoms in total. The van der Waals surface area contributed by atoms with Gasteiger partial charge in [0.2, 0.25) is 0 Å². The first-order chi connectivity index (χ1) is 13.9. The summed E-state index contributed by atoms with van der Waals surface area (Å²) in [6.45, 7) is 0. The molecule has 0 unspecified atom stereocenters. The Morgan fingerprint density at radius 1 is 0.828 bits per heavy atom. The lowest BCUT2D eigenvalue weighted by molar-refractivity contribution is -0.136. The predicted molar refractivity (Wildman–Crippen MR) is 110 cm³/mol. The number of fused-ring (bicyclic) bond motifs is 1. The van der Waals surface area contributed by atoms with Crippen molar-refractivity contribution in [2.45, 2.75) is 6.18 Å². The minimum Gasteiger partial charge on any atom is -0.288 e. The number of aromatic nitrogens is 1. The predicted octanol–water partition coefficient (Wildman–Crippen LogP) is 6.91. The van der Waals surface area contributed by atoms with Crippen LogP contribution in [0.2, 0.25) is 0 Å². The molecule has 0 amide bonds. The van der Waals surface area contributed by atoms with Crippen LogP contribution in [0.15, 0.2) is 83.5 Å². The van der Waals surface area contributed by atoms with E-state index in [4.69, 9.17) is 0 Å². The Morgan fingerprint density at radius 3 is 2.21 bits per heavy atom. The molecule has 0 N–H and O–H groups in total. The van der Waals surface area contributed by atoms with E-state index in [0.717, 1.165) is 6.07 Å². The molecule has 0 saturated carbocycles. The van der Waals surface area contributed by atoms with Crippen LogP contribution in [-0.2, 0) is 6.18 Å². The van der Waals surface area contributed by atoms with Crippen LogP contribution in [0.5, 0.6) is 0 Å². The van der Waals surface area contributed by atoms with Crippen LogP contribution in [0.25, 0.3) is 22.0 Å². The van der Waals surface area contributed by atoms with E-state index in [1.54, 1.807) is 54.6 Å². The summed E-state index contributed by atoms with van der Waals surface area (Å²) in [5.74, 6) is -0.400. The third-order valence-corrected chi connectivity index (χ3v) is 5.32. The van der Waals surface area contributed by atoms with Crippen molar-refractivity contribution >= 4 is 32.6 Å². The van der Waals surface area contributed by atoms with E-state index >= 15 is 0 Å². The molecule has 0 fully saturated rings. The number of benzene rings is 3. The number of carbonyl (C=O) groups is 1. The molecule has 0 spiro atoms. The number of hydrogen-bond donors (Lipinski definition) is 0. The van der Waals surface area contributed by atoms with Gasteiger partial charge >= 0.3 is 6.18 Å². The van der Waals surface area contributed by atoms with Crippen LogP contribution >= 0.6 is 15.9 Å². The van der Waals surface area contributed by atoms with Crippen molar-refractivity contribution in [1.29, 1.82) is 0 Å². The van der Waals surface area contributed by atoms with Crippen LogP contribution in [-0.4, -0.2) is 10.8 Å². The monoisotopic (exact) mass is 455 g/mol. The number of ketones is 1. The van der Waals surface area contributed by atoms with E-state index in [-0.39, 0.29) is 22.0 Å². The zero-order valence-electron chi connectivity index (χ0n) is 14.9. The highest BCUT2D eigenvalue weighted by Gasteiger charge is 2.34. The Bertz CT molecular complexity index is 1220. The Morgan fingerprint density at radius 2 is 1.52 bits per heavy atom. The van der Waals surface area contributed by atoms with Crippen LogP contribution in [0.1, 0.15) is 21.5 Å². The topological polar surface area (TPSA) is 30.0 Å². The van der Waals surface area contributed by atoms with E-state index < -0.39 is 17.5 Å². The molecule has 0 atom stereocenters. The highest BCUT2D eigenvalue weighted by atomic mass is 79.9. The summed E-state index contributed by atoms with van der Waals surface area (Å²) in [5, 5.41) is -0.0795. The molecule has 4 aromatic rings. The Kier molecular flexibility index (Phi) is 4.96. The Hall–Kier alpha value is -2.99. The van der Waals surface area contributed by atoms with Gasteiger partial charge in [0, 0.05) is 32.7 Å². The van der Waals surface area contributed by atoms with E-state index in [0.29, 0.717) is 15.6 Å². The number of halogens is 4. The van der Waals surface area contributed by atoms with Crippen molar-refractivity contribution in [1.82, 2.24) is 4.98 Å². The fourth-order valence-corrected chi connectivity index (χ4v) is 3.81. The van der Waals surface area contributed by atoms with Gasteiger partial charge in [-0.25, -0.2) is 0 Å². The van der Waals surface area contributed by atoms with Gasteiger partial charge in [0.25, 0.3) is 0 Å². The van der Waals surface area contributed by atoms with Gasteiger partial charge in [-0.05, 0) is 29.8 Å². The number of rotatable bonds is 3. The third kappa shape index (κ3) is 3.56. The second-order valence-corrected chi connectivity index (χ2v) is 7.27. The lowest BCUT2D eigenvalue weighted by atomic mass is 9.90. The first-order valence-electron chi connectivity index (χ1n) is 8.71. The van der Waals surface area contributed by atoms with Crippen molar-refractivity contribution in [3.05, 3.63) is 100 Å². The molecule has 6 heteroatoms. The van der Waals surface area contributed by atoms with Crippen molar-refractivity contribution in [2.24, 2.45) is 0 Å². The fraction of sp³-hybridized carbons (Fsp3) is 0.0435. The molecule has 0 radical (unpaired) electrons. The molecule has 0 saturated heterocycles. The van der Waals surface area contributed by atoms with Crippen LogP contribution in [0.4, 0.5) is 13.2 Å². The van der Waals surface area contributed by atoms with Gasteiger partial charge in [-0.2, -0.15) is 13.2 Å². The van der Waals surface area contributed by atoms with Gasteiger partial charge in [0.05, 0.1) is 11.1 Å². The second-order valence-electron chi connectivity index (χ2n) is 6.42. The molecule has 1 heterocycles. The van der Waals surface area contributed by atoms with Gasteiger partial charge in [-0.15, -0.1) is 0 Å². The smallest absolute Gasteiger partial charge is 0.288 e. The van der Waals surface area contributed by atoms with E-state index in [9.17, 15) is 18.0 Å². The minimum atomic E-state index is -4.58. The van der Waals surface area contributed by atoms with Gasteiger partial charge in [-0.3, -0.25) is 9.78 Å². The molecule has 3 aromatic carbocycles.